The minimum absolute atomic E-state index is 0.203. The Morgan fingerprint density at radius 2 is 1.39 bits per heavy atom. The molecule has 0 N–H and O–H groups in total. The zero-order chi connectivity index (χ0) is 23.8. The van der Waals surface area contributed by atoms with E-state index >= 15 is 0 Å². The minimum atomic E-state index is -3.56. The molecule has 0 radical (unpaired) electrons. The molecule has 0 aliphatic heterocycles. The molecule has 0 saturated carbocycles. The number of sulfone groups is 1. The summed E-state index contributed by atoms with van der Waals surface area (Å²) in [6.07, 6.45) is 0. The highest BCUT2D eigenvalue weighted by Crippen LogP contribution is 2.25. The van der Waals surface area contributed by atoms with Crippen LogP contribution in [0.1, 0.15) is 6.92 Å². The molecule has 0 fully saturated rings. The van der Waals surface area contributed by atoms with Gasteiger partial charge in [0.05, 0.1) is 27.7 Å². The van der Waals surface area contributed by atoms with Crippen LogP contribution in [0.2, 0.25) is 0 Å². The van der Waals surface area contributed by atoms with Gasteiger partial charge in [-0.25, -0.2) is 13.2 Å². The number of esters is 1. The molecule has 170 valence electrons. The van der Waals surface area contributed by atoms with E-state index in [9.17, 15) is 13.2 Å². The highest BCUT2D eigenvalue weighted by atomic mass is 32.2. The maximum Gasteiger partial charge on any atom is 0.333 e. The van der Waals surface area contributed by atoms with Crippen LogP contribution < -0.4 is 4.90 Å². The highest BCUT2D eigenvalue weighted by Gasteiger charge is 2.16. The molecule has 7 nitrogen and oxygen atoms in total. The van der Waals surface area contributed by atoms with Crippen molar-refractivity contribution in [2.45, 2.75) is 16.7 Å². The maximum atomic E-state index is 12.7. The monoisotopic (exact) mass is 463 g/mol. The molecule has 0 amide bonds. The van der Waals surface area contributed by atoms with Gasteiger partial charge in [-0.05, 0) is 67.6 Å². The fraction of sp³-hybridized carbons (Fsp3) is 0.160. The van der Waals surface area contributed by atoms with Crippen LogP contribution in [0.15, 0.2) is 111 Å². The number of ether oxygens (including phenoxy) is 1. The summed E-state index contributed by atoms with van der Waals surface area (Å²) in [5.41, 5.74) is 2.51. The molecule has 3 aromatic rings. The summed E-state index contributed by atoms with van der Waals surface area (Å²) in [6, 6.07) is 22.0. The SMILES string of the molecule is C=C(C)C(=O)OCCN(C)c1ccc(N=Nc2ccc(S(=O)(=O)c3ccccc3)cc2)cc1. The zero-order valence-electron chi connectivity index (χ0n) is 18.5. The van der Waals surface area contributed by atoms with Crippen molar-refractivity contribution in [3.63, 3.8) is 0 Å². The number of carbonyl (C=O) groups is 1. The van der Waals surface area contributed by atoms with Crippen molar-refractivity contribution in [2.24, 2.45) is 10.2 Å². The molecule has 33 heavy (non-hydrogen) atoms. The van der Waals surface area contributed by atoms with Gasteiger partial charge in [-0.15, -0.1) is 0 Å². The van der Waals surface area contributed by atoms with Crippen molar-refractivity contribution in [1.29, 1.82) is 0 Å². The lowest BCUT2D eigenvalue weighted by molar-refractivity contribution is -0.138. The van der Waals surface area contributed by atoms with Crippen molar-refractivity contribution in [3.8, 4) is 0 Å². The number of hydrogen-bond donors (Lipinski definition) is 0. The molecular formula is C25H25N3O4S. The average molecular weight is 464 g/mol. The third-order valence-electron chi connectivity index (χ3n) is 4.78. The van der Waals surface area contributed by atoms with E-state index in [1.807, 2.05) is 36.2 Å². The first-order valence-corrected chi connectivity index (χ1v) is 11.7. The largest absolute Gasteiger partial charge is 0.460 e. The van der Waals surface area contributed by atoms with Gasteiger partial charge < -0.3 is 9.64 Å². The van der Waals surface area contributed by atoms with Crippen LogP contribution in [0.4, 0.5) is 17.1 Å². The van der Waals surface area contributed by atoms with Gasteiger partial charge in [-0.2, -0.15) is 10.2 Å². The summed E-state index contributed by atoms with van der Waals surface area (Å²) in [5, 5.41) is 8.39. The van der Waals surface area contributed by atoms with Crippen LogP contribution in [0.3, 0.4) is 0 Å². The molecule has 3 rings (SSSR count). The average Bonchev–Trinajstić information content (AvgIpc) is 2.83. The van der Waals surface area contributed by atoms with Gasteiger partial charge in [-0.3, -0.25) is 0 Å². The minimum Gasteiger partial charge on any atom is -0.460 e. The van der Waals surface area contributed by atoms with Gasteiger partial charge >= 0.3 is 5.97 Å². The molecule has 0 atom stereocenters. The molecule has 8 heteroatoms. The lowest BCUT2D eigenvalue weighted by Crippen LogP contribution is -2.23. The number of azo groups is 1. The Morgan fingerprint density at radius 3 is 1.94 bits per heavy atom. The van der Waals surface area contributed by atoms with Crippen LogP contribution in [0.25, 0.3) is 0 Å². The molecule has 0 spiro atoms. The molecule has 0 aliphatic carbocycles. The van der Waals surface area contributed by atoms with Gasteiger partial charge in [0.2, 0.25) is 9.84 Å². The van der Waals surface area contributed by atoms with E-state index in [-0.39, 0.29) is 16.4 Å². The standard InChI is InChI=1S/C25H25N3O4S/c1-19(2)25(29)32-18-17-28(3)22-13-9-20(10-14-22)26-27-21-11-15-24(16-12-21)33(30,31)23-7-5-4-6-8-23/h4-16H,1,17-18H2,2-3H3. The first kappa shape index (κ1) is 23.9. The van der Waals surface area contributed by atoms with E-state index in [1.165, 1.54) is 12.1 Å². The number of benzene rings is 3. The number of carbonyl (C=O) groups excluding carboxylic acids is 1. The number of nitrogens with zero attached hydrogens (tertiary/aromatic N) is 3. The molecular weight excluding hydrogens is 438 g/mol. The van der Waals surface area contributed by atoms with Crippen LogP contribution >= 0.6 is 0 Å². The Morgan fingerprint density at radius 1 is 0.879 bits per heavy atom. The van der Waals surface area contributed by atoms with E-state index < -0.39 is 15.8 Å². The quantitative estimate of drug-likeness (QED) is 0.238. The number of anilines is 1. The first-order chi connectivity index (χ1) is 15.8. The van der Waals surface area contributed by atoms with Crippen molar-refractivity contribution in [1.82, 2.24) is 0 Å². The summed E-state index contributed by atoms with van der Waals surface area (Å²) in [5.74, 6) is -0.398. The van der Waals surface area contributed by atoms with Crippen LogP contribution in [-0.4, -0.2) is 34.6 Å². The Bertz CT molecular complexity index is 1240. The second-order valence-corrected chi connectivity index (χ2v) is 9.31. The maximum absolute atomic E-state index is 12.7. The smallest absolute Gasteiger partial charge is 0.333 e. The van der Waals surface area contributed by atoms with Gasteiger partial charge in [0.1, 0.15) is 6.61 Å². The molecule has 0 heterocycles. The fourth-order valence-corrected chi connectivity index (χ4v) is 4.13. The number of hydrogen-bond acceptors (Lipinski definition) is 7. The van der Waals surface area contributed by atoms with E-state index in [0.29, 0.717) is 23.5 Å². The second-order valence-electron chi connectivity index (χ2n) is 7.36. The summed E-state index contributed by atoms with van der Waals surface area (Å²) < 4.78 is 30.4. The summed E-state index contributed by atoms with van der Waals surface area (Å²) in [7, 11) is -1.66. The molecule has 0 aromatic heterocycles. The van der Waals surface area contributed by atoms with E-state index in [4.69, 9.17) is 4.74 Å². The zero-order valence-corrected chi connectivity index (χ0v) is 19.3. The molecule has 0 unspecified atom stereocenters. The van der Waals surface area contributed by atoms with E-state index in [1.54, 1.807) is 49.4 Å². The van der Waals surface area contributed by atoms with Gasteiger partial charge in [-0.1, -0.05) is 24.8 Å². The van der Waals surface area contributed by atoms with Gasteiger partial charge in [0, 0.05) is 18.3 Å². The molecule has 0 saturated heterocycles. The predicted octanol–water partition coefficient (Wildman–Crippen LogP) is 5.49. The predicted molar refractivity (Wildman–Crippen MR) is 128 cm³/mol. The van der Waals surface area contributed by atoms with Crippen LogP contribution in [0, 0.1) is 0 Å². The Hall–Kier alpha value is -3.78. The summed E-state index contributed by atoms with van der Waals surface area (Å²) in [6.45, 7) is 5.97. The van der Waals surface area contributed by atoms with E-state index in [0.717, 1.165) is 5.69 Å². The lowest BCUT2D eigenvalue weighted by atomic mass is 10.2. The Balaban J connectivity index is 1.60. The number of likely N-dealkylation sites (N-methyl/N-ethyl adjacent to an activating group) is 1. The van der Waals surface area contributed by atoms with Crippen molar-refractivity contribution in [3.05, 3.63) is 91.0 Å². The van der Waals surface area contributed by atoms with Crippen molar-refractivity contribution in [2.75, 3.05) is 25.1 Å². The normalized spacial score (nSPS) is 11.3. The van der Waals surface area contributed by atoms with Gasteiger partial charge in [0.25, 0.3) is 0 Å². The first-order valence-electron chi connectivity index (χ1n) is 10.2. The Labute approximate surface area is 194 Å². The highest BCUT2D eigenvalue weighted by molar-refractivity contribution is 7.91. The Kier molecular flexibility index (Phi) is 7.74. The third kappa shape index (κ3) is 6.36. The second kappa shape index (κ2) is 10.7. The van der Waals surface area contributed by atoms with Crippen LogP contribution in [0.5, 0.6) is 0 Å². The fourth-order valence-electron chi connectivity index (χ4n) is 2.84. The summed E-state index contributed by atoms with van der Waals surface area (Å²) in [4.78, 5) is 13.8. The topological polar surface area (TPSA) is 88.4 Å². The third-order valence-corrected chi connectivity index (χ3v) is 6.57. The van der Waals surface area contributed by atoms with Crippen molar-refractivity contribution >= 4 is 32.9 Å². The molecule has 0 aliphatic rings. The number of rotatable bonds is 9. The van der Waals surface area contributed by atoms with Crippen molar-refractivity contribution < 1.29 is 17.9 Å². The lowest BCUT2D eigenvalue weighted by Gasteiger charge is -2.19. The van der Waals surface area contributed by atoms with E-state index in [2.05, 4.69) is 16.8 Å². The molecule has 0 bridgehead atoms. The van der Waals surface area contributed by atoms with Gasteiger partial charge in [0.15, 0.2) is 0 Å². The van der Waals surface area contributed by atoms with Crippen LogP contribution in [-0.2, 0) is 19.4 Å². The molecule has 3 aromatic carbocycles. The summed E-state index contributed by atoms with van der Waals surface area (Å²) >= 11 is 0.